The zero-order valence-electron chi connectivity index (χ0n) is 18.6. The molecule has 1 aliphatic heterocycles. The van der Waals surface area contributed by atoms with Gasteiger partial charge in [0.15, 0.2) is 0 Å². The molecule has 0 radical (unpaired) electrons. The van der Waals surface area contributed by atoms with Crippen molar-refractivity contribution in [2.75, 3.05) is 30.3 Å². The second-order valence-electron chi connectivity index (χ2n) is 8.12. The first kappa shape index (κ1) is 22.4. The van der Waals surface area contributed by atoms with Crippen LogP contribution < -0.4 is 15.4 Å². The number of benzene rings is 3. The lowest BCUT2D eigenvalue weighted by Crippen LogP contribution is -2.31. The molecule has 1 heterocycles. The van der Waals surface area contributed by atoms with Gasteiger partial charge in [-0.15, -0.1) is 0 Å². The van der Waals surface area contributed by atoms with E-state index in [9.17, 15) is 9.59 Å². The second kappa shape index (κ2) is 11.2. The van der Waals surface area contributed by atoms with Gasteiger partial charge in [0.05, 0.1) is 6.54 Å². The first-order valence-electron chi connectivity index (χ1n) is 11.4. The molecule has 1 aliphatic rings. The van der Waals surface area contributed by atoms with E-state index < -0.39 is 0 Å². The maximum Gasteiger partial charge on any atom is 0.253 e. The van der Waals surface area contributed by atoms with Gasteiger partial charge < -0.3 is 20.3 Å². The highest BCUT2D eigenvalue weighted by Crippen LogP contribution is 2.22. The van der Waals surface area contributed by atoms with Gasteiger partial charge in [-0.3, -0.25) is 9.59 Å². The number of carbonyl (C=O) groups excluding carboxylic acids is 2. The zero-order chi connectivity index (χ0) is 22.9. The van der Waals surface area contributed by atoms with Gasteiger partial charge in [-0.05, 0) is 73.5 Å². The molecule has 33 heavy (non-hydrogen) atoms. The van der Waals surface area contributed by atoms with Crippen LogP contribution in [0.25, 0.3) is 0 Å². The van der Waals surface area contributed by atoms with Crippen LogP contribution in [0.1, 0.15) is 36.0 Å². The number of nitrogens with one attached hydrogen (secondary N) is 2. The van der Waals surface area contributed by atoms with E-state index in [0.717, 1.165) is 37.4 Å². The van der Waals surface area contributed by atoms with Gasteiger partial charge >= 0.3 is 0 Å². The van der Waals surface area contributed by atoms with Crippen LogP contribution in [0, 0.1) is 0 Å². The van der Waals surface area contributed by atoms with E-state index in [-0.39, 0.29) is 18.4 Å². The molecule has 1 saturated heterocycles. The van der Waals surface area contributed by atoms with Gasteiger partial charge in [0.2, 0.25) is 5.91 Å². The van der Waals surface area contributed by atoms with E-state index in [1.807, 2.05) is 71.6 Å². The van der Waals surface area contributed by atoms with Crippen molar-refractivity contribution in [1.82, 2.24) is 4.90 Å². The summed E-state index contributed by atoms with van der Waals surface area (Å²) in [6.07, 6.45) is 4.53. The van der Waals surface area contributed by atoms with Crippen LogP contribution in [0.2, 0.25) is 0 Å². The molecule has 0 atom stereocenters. The van der Waals surface area contributed by atoms with Gasteiger partial charge in [-0.1, -0.05) is 31.0 Å². The van der Waals surface area contributed by atoms with Gasteiger partial charge in [0.25, 0.3) is 5.91 Å². The Labute approximate surface area is 194 Å². The SMILES string of the molecule is O=C(CNc1ccc(C(=O)N2CCCCCC2)cc1)Nc1ccc(Oc2ccccc2)cc1. The maximum absolute atomic E-state index is 12.7. The van der Waals surface area contributed by atoms with Crippen LogP contribution in [-0.4, -0.2) is 36.3 Å². The number of anilines is 2. The van der Waals surface area contributed by atoms with Crippen LogP contribution in [0.5, 0.6) is 11.5 Å². The topological polar surface area (TPSA) is 70.7 Å². The molecule has 3 aromatic carbocycles. The van der Waals surface area contributed by atoms with Gasteiger partial charge in [-0.2, -0.15) is 0 Å². The summed E-state index contributed by atoms with van der Waals surface area (Å²) in [6.45, 7) is 1.79. The third-order valence-electron chi connectivity index (χ3n) is 5.60. The number of nitrogens with zero attached hydrogens (tertiary/aromatic N) is 1. The fourth-order valence-electron chi connectivity index (χ4n) is 3.81. The molecule has 3 aromatic rings. The summed E-state index contributed by atoms with van der Waals surface area (Å²) in [5.41, 5.74) is 2.18. The highest BCUT2D eigenvalue weighted by molar-refractivity contribution is 5.95. The number of hydrogen-bond acceptors (Lipinski definition) is 4. The number of hydrogen-bond donors (Lipinski definition) is 2. The van der Waals surface area contributed by atoms with E-state index in [1.165, 1.54) is 12.8 Å². The lowest BCUT2D eigenvalue weighted by atomic mass is 10.1. The standard InChI is InChI=1S/C27H29N3O3/c31-26(29-23-14-16-25(17-15-23)33-24-8-4-3-5-9-24)20-28-22-12-10-21(11-13-22)27(32)30-18-6-1-2-7-19-30/h3-5,8-17,28H,1-2,6-7,18-20H2,(H,29,31). The van der Waals surface area contributed by atoms with Crippen LogP contribution in [-0.2, 0) is 4.79 Å². The maximum atomic E-state index is 12.7. The summed E-state index contributed by atoms with van der Waals surface area (Å²) in [5, 5.41) is 5.97. The monoisotopic (exact) mass is 443 g/mol. The number of para-hydroxylation sites is 1. The van der Waals surface area contributed by atoms with Crippen molar-refractivity contribution in [1.29, 1.82) is 0 Å². The van der Waals surface area contributed by atoms with E-state index in [4.69, 9.17) is 4.74 Å². The van der Waals surface area contributed by atoms with Crippen LogP contribution >= 0.6 is 0 Å². The predicted octanol–water partition coefficient (Wildman–Crippen LogP) is 5.55. The smallest absolute Gasteiger partial charge is 0.253 e. The van der Waals surface area contributed by atoms with Gasteiger partial charge in [0, 0.05) is 30.0 Å². The largest absolute Gasteiger partial charge is 0.457 e. The minimum absolute atomic E-state index is 0.0842. The number of amides is 2. The fraction of sp³-hybridized carbons (Fsp3) is 0.259. The Morgan fingerprint density at radius 2 is 1.33 bits per heavy atom. The third kappa shape index (κ3) is 6.59. The lowest BCUT2D eigenvalue weighted by molar-refractivity contribution is -0.114. The average molecular weight is 444 g/mol. The van der Waals surface area contributed by atoms with E-state index in [1.54, 1.807) is 12.1 Å². The number of ether oxygens (including phenoxy) is 1. The second-order valence-corrected chi connectivity index (χ2v) is 8.12. The van der Waals surface area contributed by atoms with Crippen molar-refractivity contribution in [3.63, 3.8) is 0 Å². The zero-order valence-corrected chi connectivity index (χ0v) is 18.6. The lowest BCUT2D eigenvalue weighted by Gasteiger charge is -2.20. The number of rotatable bonds is 7. The predicted molar refractivity (Wildman–Crippen MR) is 131 cm³/mol. The molecule has 0 aromatic heterocycles. The van der Waals surface area contributed by atoms with Crippen molar-refractivity contribution in [2.45, 2.75) is 25.7 Å². The van der Waals surface area contributed by atoms with Gasteiger partial charge in [0.1, 0.15) is 11.5 Å². The Balaban J connectivity index is 1.24. The molecule has 2 N–H and O–H groups in total. The molecule has 2 amide bonds. The molecule has 0 spiro atoms. The fourth-order valence-corrected chi connectivity index (χ4v) is 3.81. The molecule has 1 fully saturated rings. The average Bonchev–Trinajstić information content (AvgIpc) is 3.14. The minimum atomic E-state index is -0.156. The van der Waals surface area contributed by atoms with Crippen LogP contribution in [0.3, 0.4) is 0 Å². The summed E-state index contributed by atoms with van der Waals surface area (Å²) in [7, 11) is 0. The van der Waals surface area contributed by atoms with Crippen LogP contribution in [0.15, 0.2) is 78.9 Å². The summed E-state index contributed by atoms with van der Waals surface area (Å²) >= 11 is 0. The van der Waals surface area contributed by atoms with Crippen LogP contribution in [0.4, 0.5) is 11.4 Å². The first-order chi connectivity index (χ1) is 16.2. The Kier molecular flexibility index (Phi) is 7.59. The van der Waals surface area contributed by atoms with E-state index in [0.29, 0.717) is 17.0 Å². The molecular formula is C27H29N3O3. The molecule has 0 bridgehead atoms. The third-order valence-corrected chi connectivity index (χ3v) is 5.60. The number of likely N-dealkylation sites (tertiary alicyclic amines) is 1. The molecule has 170 valence electrons. The summed E-state index contributed by atoms with van der Waals surface area (Å²) in [5.74, 6) is 1.39. The minimum Gasteiger partial charge on any atom is -0.457 e. The Bertz CT molecular complexity index is 1040. The molecule has 4 rings (SSSR count). The summed E-state index contributed by atoms with van der Waals surface area (Å²) < 4.78 is 5.76. The molecule has 6 nitrogen and oxygen atoms in total. The Morgan fingerprint density at radius 3 is 2.00 bits per heavy atom. The normalized spacial score (nSPS) is 13.6. The van der Waals surface area contributed by atoms with Gasteiger partial charge in [-0.25, -0.2) is 0 Å². The summed E-state index contributed by atoms with van der Waals surface area (Å²) in [4.78, 5) is 26.9. The van der Waals surface area contributed by atoms with E-state index in [2.05, 4.69) is 10.6 Å². The Hall–Kier alpha value is -3.80. The van der Waals surface area contributed by atoms with Crippen molar-refractivity contribution in [3.05, 3.63) is 84.4 Å². The summed E-state index contributed by atoms with van der Waals surface area (Å²) in [6, 6.07) is 24.1. The molecule has 0 saturated carbocycles. The first-order valence-corrected chi connectivity index (χ1v) is 11.4. The molecule has 6 heteroatoms. The van der Waals surface area contributed by atoms with E-state index >= 15 is 0 Å². The molecule has 0 unspecified atom stereocenters. The van der Waals surface area contributed by atoms with Crippen molar-refractivity contribution in [3.8, 4) is 11.5 Å². The number of carbonyl (C=O) groups is 2. The highest BCUT2D eigenvalue weighted by Gasteiger charge is 2.17. The molecule has 0 aliphatic carbocycles. The van der Waals surface area contributed by atoms with Crippen molar-refractivity contribution < 1.29 is 14.3 Å². The van der Waals surface area contributed by atoms with Crippen molar-refractivity contribution in [2.24, 2.45) is 0 Å². The highest BCUT2D eigenvalue weighted by atomic mass is 16.5. The quantitative estimate of drug-likeness (QED) is 0.503. The Morgan fingerprint density at radius 1 is 0.727 bits per heavy atom. The van der Waals surface area contributed by atoms with Crippen molar-refractivity contribution >= 4 is 23.2 Å². The molecular weight excluding hydrogens is 414 g/mol.